The van der Waals surface area contributed by atoms with E-state index in [1.165, 1.54) is 6.07 Å². The minimum absolute atomic E-state index is 0.260. The molecule has 0 radical (unpaired) electrons. The van der Waals surface area contributed by atoms with Crippen molar-refractivity contribution in [2.75, 3.05) is 7.05 Å². The fourth-order valence-electron chi connectivity index (χ4n) is 1.57. The predicted molar refractivity (Wildman–Crippen MR) is 61.0 cm³/mol. The molecule has 2 rings (SSSR count). The van der Waals surface area contributed by atoms with E-state index in [0.29, 0.717) is 12.2 Å². The summed E-state index contributed by atoms with van der Waals surface area (Å²) in [4.78, 5) is 0. The number of rotatable bonds is 3. The molecule has 0 bridgehead atoms. The SMILES string of the molecule is CNCc1ccn(-c2cc(C)ccc2F)n1. The van der Waals surface area contributed by atoms with Crippen LogP contribution in [0.2, 0.25) is 0 Å². The van der Waals surface area contributed by atoms with Crippen LogP contribution in [0.25, 0.3) is 5.69 Å². The van der Waals surface area contributed by atoms with Gasteiger partial charge in [0.25, 0.3) is 0 Å². The molecule has 1 aromatic carbocycles. The lowest BCUT2D eigenvalue weighted by Crippen LogP contribution is -2.07. The molecule has 0 aliphatic heterocycles. The van der Waals surface area contributed by atoms with Gasteiger partial charge in [-0.25, -0.2) is 9.07 Å². The van der Waals surface area contributed by atoms with Gasteiger partial charge in [0, 0.05) is 12.7 Å². The first-order valence-corrected chi connectivity index (χ1v) is 5.16. The molecule has 84 valence electrons. The fraction of sp³-hybridized carbons (Fsp3) is 0.250. The number of nitrogens with zero attached hydrogens (tertiary/aromatic N) is 2. The highest BCUT2D eigenvalue weighted by atomic mass is 19.1. The Kier molecular flexibility index (Phi) is 3.01. The van der Waals surface area contributed by atoms with Gasteiger partial charge in [-0.2, -0.15) is 5.10 Å². The van der Waals surface area contributed by atoms with Crippen LogP contribution >= 0.6 is 0 Å². The summed E-state index contributed by atoms with van der Waals surface area (Å²) in [7, 11) is 1.85. The van der Waals surface area contributed by atoms with Gasteiger partial charge in [0.2, 0.25) is 0 Å². The van der Waals surface area contributed by atoms with Gasteiger partial charge in [-0.15, -0.1) is 0 Å². The monoisotopic (exact) mass is 219 g/mol. The van der Waals surface area contributed by atoms with Crippen LogP contribution in [0.4, 0.5) is 4.39 Å². The van der Waals surface area contributed by atoms with Gasteiger partial charge in [0.05, 0.1) is 5.69 Å². The Morgan fingerprint density at radius 3 is 2.94 bits per heavy atom. The zero-order chi connectivity index (χ0) is 11.5. The Bertz CT molecular complexity index is 491. The van der Waals surface area contributed by atoms with Crippen molar-refractivity contribution in [2.45, 2.75) is 13.5 Å². The van der Waals surface area contributed by atoms with Crippen LogP contribution in [0, 0.1) is 12.7 Å². The van der Waals surface area contributed by atoms with E-state index in [4.69, 9.17) is 0 Å². The molecule has 0 fully saturated rings. The smallest absolute Gasteiger partial charge is 0.148 e. The Morgan fingerprint density at radius 1 is 1.38 bits per heavy atom. The molecule has 2 aromatic rings. The molecule has 1 N–H and O–H groups in total. The molecule has 3 nitrogen and oxygen atoms in total. The van der Waals surface area contributed by atoms with E-state index in [0.717, 1.165) is 11.3 Å². The van der Waals surface area contributed by atoms with Crippen molar-refractivity contribution in [3.63, 3.8) is 0 Å². The third-order valence-corrected chi connectivity index (χ3v) is 2.35. The molecule has 0 saturated heterocycles. The summed E-state index contributed by atoms with van der Waals surface area (Å²) >= 11 is 0. The predicted octanol–water partition coefficient (Wildman–Crippen LogP) is 2.04. The zero-order valence-electron chi connectivity index (χ0n) is 9.37. The molecule has 0 spiro atoms. The Hall–Kier alpha value is -1.68. The molecule has 0 atom stereocenters. The van der Waals surface area contributed by atoms with Crippen molar-refractivity contribution in [3.05, 3.63) is 47.5 Å². The molecular formula is C12H14FN3. The second-order valence-electron chi connectivity index (χ2n) is 3.74. The average molecular weight is 219 g/mol. The van der Waals surface area contributed by atoms with Crippen LogP contribution < -0.4 is 5.32 Å². The summed E-state index contributed by atoms with van der Waals surface area (Å²) in [6.45, 7) is 2.61. The first-order valence-electron chi connectivity index (χ1n) is 5.16. The van der Waals surface area contributed by atoms with Crippen molar-refractivity contribution in [2.24, 2.45) is 0 Å². The van der Waals surface area contributed by atoms with Gasteiger partial charge in [0.1, 0.15) is 11.5 Å². The standard InChI is InChI=1S/C12H14FN3/c1-9-3-4-11(13)12(7-9)16-6-5-10(15-16)8-14-2/h3-7,14H,8H2,1-2H3. The van der Waals surface area contributed by atoms with Crippen LogP contribution in [0.5, 0.6) is 0 Å². The van der Waals surface area contributed by atoms with Crippen molar-refractivity contribution < 1.29 is 4.39 Å². The first-order chi connectivity index (χ1) is 7.70. The van der Waals surface area contributed by atoms with Gasteiger partial charge in [-0.1, -0.05) is 6.07 Å². The molecule has 4 heteroatoms. The normalized spacial score (nSPS) is 10.7. The maximum Gasteiger partial charge on any atom is 0.148 e. The largest absolute Gasteiger partial charge is 0.314 e. The van der Waals surface area contributed by atoms with E-state index in [1.54, 1.807) is 23.0 Å². The summed E-state index contributed by atoms with van der Waals surface area (Å²) in [5.74, 6) is -0.260. The summed E-state index contributed by atoms with van der Waals surface area (Å²) in [6.07, 6.45) is 1.77. The number of aryl methyl sites for hydroxylation is 1. The lowest BCUT2D eigenvalue weighted by Gasteiger charge is -2.04. The third kappa shape index (κ3) is 2.12. The third-order valence-electron chi connectivity index (χ3n) is 2.35. The number of nitrogens with one attached hydrogen (secondary N) is 1. The van der Waals surface area contributed by atoms with Crippen LogP contribution in [0.3, 0.4) is 0 Å². The van der Waals surface area contributed by atoms with E-state index >= 15 is 0 Å². The number of aromatic nitrogens is 2. The molecule has 0 unspecified atom stereocenters. The lowest BCUT2D eigenvalue weighted by atomic mass is 10.2. The van der Waals surface area contributed by atoms with Gasteiger partial charge >= 0.3 is 0 Å². The minimum atomic E-state index is -0.260. The van der Waals surface area contributed by atoms with Gasteiger partial charge in [-0.05, 0) is 37.7 Å². The van der Waals surface area contributed by atoms with E-state index in [-0.39, 0.29) is 5.82 Å². The lowest BCUT2D eigenvalue weighted by molar-refractivity contribution is 0.608. The van der Waals surface area contributed by atoms with Gasteiger partial charge in [0.15, 0.2) is 0 Å². The maximum absolute atomic E-state index is 13.6. The van der Waals surface area contributed by atoms with E-state index in [2.05, 4.69) is 10.4 Å². The summed E-state index contributed by atoms with van der Waals surface area (Å²) in [5.41, 5.74) is 2.40. The summed E-state index contributed by atoms with van der Waals surface area (Å²) < 4.78 is 15.1. The number of hydrogen-bond donors (Lipinski definition) is 1. The zero-order valence-corrected chi connectivity index (χ0v) is 9.37. The van der Waals surface area contributed by atoms with E-state index < -0.39 is 0 Å². The molecule has 1 heterocycles. The van der Waals surface area contributed by atoms with Crippen molar-refractivity contribution in [1.82, 2.24) is 15.1 Å². The first kappa shape index (κ1) is 10.8. The Labute approximate surface area is 93.9 Å². The second kappa shape index (κ2) is 4.45. The molecule has 16 heavy (non-hydrogen) atoms. The quantitative estimate of drug-likeness (QED) is 0.856. The molecular weight excluding hydrogens is 205 g/mol. The Morgan fingerprint density at radius 2 is 2.19 bits per heavy atom. The van der Waals surface area contributed by atoms with Gasteiger partial charge in [-0.3, -0.25) is 0 Å². The highest BCUT2D eigenvalue weighted by molar-refractivity contribution is 5.36. The molecule has 0 aliphatic carbocycles. The van der Waals surface area contributed by atoms with Crippen LogP contribution in [-0.2, 0) is 6.54 Å². The van der Waals surface area contributed by atoms with Gasteiger partial charge < -0.3 is 5.32 Å². The topological polar surface area (TPSA) is 29.9 Å². The summed E-state index contributed by atoms with van der Waals surface area (Å²) in [6, 6.07) is 6.87. The number of halogens is 1. The highest BCUT2D eigenvalue weighted by Gasteiger charge is 2.06. The van der Waals surface area contributed by atoms with E-state index in [9.17, 15) is 4.39 Å². The maximum atomic E-state index is 13.6. The second-order valence-corrected chi connectivity index (χ2v) is 3.74. The summed E-state index contributed by atoms with van der Waals surface area (Å²) in [5, 5.41) is 7.29. The number of hydrogen-bond acceptors (Lipinski definition) is 2. The molecule has 0 saturated carbocycles. The van der Waals surface area contributed by atoms with Crippen molar-refractivity contribution >= 4 is 0 Å². The Balaban J connectivity index is 2.38. The van der Waals surface area contributed by atoms with E-state index in [1.807, 2.05) is 20.0 Å². The van der Waals surface area contributed by atoms with Crippen molar-refractivity contribution in [3.8, 4) is 5.69 Å². The molecule has 0 aliphatic rings. The minimum Gasteiger partial charge on any atom is -0.314 e. The molecule has 0 amide bonds. The van der Waals surface area contributed by atoms with Crippen LogP contribution in [0.15, 0.2) is 30.5 Å². The highest BCUT2D eigenvalue weighted by Crippen LogP contribution is 2.14. The fourth-order valence-corrected chi connectivity index (χ4v) is 1.57. The molecule has 1 aromatic heterocycles. The number of benzene rings is 1. The van der Waals surface area contributed by atoms with Crippen molar-refractivity contribution in [1.29, 1.82) is 0 Å². The van der Waals surface area contributed by atoms with Crippen LogP contribution in [-0.4, -0.2) is 16.8 Å². The average Bonchev–Trinajstić information content (AvgIpc) is 2.71. The van der Waals surface area contributed by atoms with Crippen LogP contribution in [0.1, 0.15) is 11.3 Å².